The molecular formula is C24H39N3O5. The molecule has 3 N–H and O–H groups in total. The number of hydrogen-bond acceptors (Lipinski definition) is 5. The highest BCUT2D eigenvalue weighted by atomic mass is 16.6. The van der Waals surface area contributed by atoms with Gasteiger partial charge in [-0.15, -0.1) is 0 Å². The van der Waals surface area contributed by atoms with E-state index in [0.717, 1.165) is 0 Å². The van der Waals surface area contributed by atoms with Crippen molar-refractivity contribution in [3.8, 4) is 5.75 Å². The van der Waals surface area contributed by atoms with Gasteiger partial charge in [-0.3, -0.25) is 9.59 Å². The molecule has 0 bridgehead atoms. The molecule has 0 aliphatic heterocycles. The van der Waals surface area contributed by atoms with Crippen LogP contribution in [0, 0.1) is 0 Å². The third-order valence-corrected chi connectivity index (χ3v) is 4.25. The summed E-state index contributed by atoms with van der Waals surface area (Å²) in [5.41, 5.74) is -1.59. The average Bonchev–Trinajstić information content (AvgIpc) is 2.54. The van der Waals surface area contributed by atoms with Gasteiger partial charge in [0.2, 0.25) is 11.8 Å². The van der Waals surface area contributed by atoms with Gasteiger partial charge in [0, 0.05) is 11.1 Å². The van der Waals surface area contributed by atoms with Crippen LogP contribution >= 0.6 is 0 Å². The van der Waals surface area contributed by atoms with Gasteiger partial charge in [-0.05, 0) is 86.9 Å². The Bertz CT molecular complexity index is 831. The van der Waals surface area contributed by atoms with Crippen LogP contribution in [0.5, 0.6) is 5.75 Å². The molecule has 0 spiro atoms. The third kappa shape index (κ3) is 8.40. The number of nitrogens with one attached hydrogen (secondary N) is 2. The largest absolute Gasteiger partial charge is 0.508 e. The number of phenols is 1. The van der Waals surface area contributed by atoms with Gasteiger partial charge in [-0.2, -0.15) is 0 Å². The van der Waals surface area contributed by atoms with E-state index in [4.69, 9.17) is 4.74 Å². The molecule has 0 saturated carbocycles. The standard InChI is InChI=1S/C24H39N3O5/c1-15(25-21(31)32-24(8,9)10)20(30)27(23(5,6)7)18(19(29)26-22(2,3)4)16-12-11-13-17(28)14-16/h11-15,18,28H,1-10H3,(H,25,31)(H,26,29). The molecule has 0 aliphatic carbocycles. The van der Waals surface area contributed by atoms with Crippen molar-refractivity contribution in [3.05, 3.63) is 29.8 Å². The minimum atomic E-state index is -1.03. The van der Waals surface area contributed by atoms with Crippen LogP contribution in [0.15, 0.2) is 24.3 Å². The Kier molecular flexibility index (Phi) is 8.34. The van der Waals surface area contributed by atoms with Crippen LogP contribution in [-0.4, -0.2) is 50.6 Å². The number of phenolic OH excluding ortho intramolecular Hbond substituents is 1. The number of benzene rings is 1. The Labute approximate surface area is 191 Å². The third-order valence-electron chi connectivity index (χ3n) is 4.25. The number of aromatic hydroxyl groups is 1. The summed E-state index contributed by atoms with van der Waals surface area (Å²) in [5, 5.41) is 15.5. The molecule has 1 aromatic rings. The fraction of sp³-hybridized carbons (Fsp3) is 0.625. The van der Waals surface area contributed by atoms with Gasteiger partial charge >= 0.3 is 6.09 Å². The summed E-state index contributed by atoms with van der Waals surface area (Å²) in [5.74, 6) is -0.867. The molecule has 0 aliphatic rings. The van der Waals surface area contributed by atoms with E-state index in [9.17, 15) is 19.5 Å². The second-order valence-electron chi connectivity index (χ2n) is 11.0. The summed E-state index contributed by atoms with van der Waals surface area (Å²) in [4.78, 5) is 40.6. The van der Waals surface area contributed by atoms with Crippen molar-refractivity contribution in [2.24, 2.45) is 0 Å². The Morgan fingerprint density at radius 3 is 2.00 bits per heavy atom. The Balaban J connectivity index is 3.42. The van der Waals surface area contributed by atoms with Gasteiger partial charge in [0.1, 0.15) is 23.4 Å². The summed E-state index contributed by atoms with van der Waals surface area (Å²) >= 11 is 0. The van der Waals surface area contributed by atoms with Crippen LogP contribution in [0.3, 0.4) is 0 Å². The summed E-state index contributed by atoms with van der Waals surface area (Å²) in [6.45, 7) is 17.7. The normalized spacial score (nSPS) is 14.2. The molecule has 2 unspecified atom stereocenters. The topological polar surface area (TPSA) is 108 Å². The van der Waals surface area contributed by atoms with Gasteiger partial charge in [-0.25, -0.2) is 4.79 Å². The number of carbonyl (C=O) groups excluding carboxylic acids is 3. The van der Waals surface area contributed by atoms with E-state index in [-0.39, 0.29) is 5.75 Å². The molecule has 180 valence electrons. The van der Waals surface area contributed by atoms with Gasteiger partial charge < -0.3 is 25.4 Å². The van der Waals surface area contributed by atoms with Crippen molar-refractivity contribution in [2.45, 2.75) is 98.0 Å². The first-order valence-corrected chi connectivity index (χ1v) is 10.8. The number of ether oxygens (including phenoxy) is 1. The zero-order chi connectivity index (χ0) is 25.1. The first-order valence-electron chi connectivity index (χ1n) is 10.8. The monoisotopic (exact) mass is 449 g/mol. The molecule has 3 amide bonds. The van der Waals surface area contributed by atoms with Crippen molar-refractivity contribution < 1.29 is 24.2 Å². The number of carbonyl (C=O) groups is 3. The molecule has 0 fully saturated rings. The number of amides is 3. The van der Waals surface area contributed by atoms with Crippen molar-refractivity contribution in [3.63, 3.8) is 0 Å². The van der Waals surface area contributed by atoms with E-state index in [1.54, 1.807) is 39.8 Å². The van der Waals surface area contributed by atoms with Crippen molar-refractivity contribution in [2.75, 3.05) is 0 Å². The minimum Gasteiger partial charge on any atom is -0.508 e. The summed E-state index contributed by atoms with van der Waals surface area (Å²) in [6, 6.07) is 4.28. The molecule has 0 heterocycles. The minimum absolute atomic E-state index is 0.0164. The lowest BCUT2D eigenvalue weighted by molar-refractivity contribution is -0.148. The van der Waals surface area contributed by atoms with E-state index in [1.807, 2.05) is 41.5 Å². The van der Waals surface area contributed by atoms with Crippen LogP contribution in [-0.2, 0) is 14.3 Å². The lowest BCUT2D eigenvalue weighted by atomic mass is 9.94. The molecule has 2 atom stereocenters. The summed E-state index contributed by atoms with van der Waals surface area (Å²) in [7, 11) is 0. The molecule has 32 heavy (non-hydrogen) atoms. The second kappa shape index (κ2) is 9.79. The zero-order valence-electron chi connectivity index (χ0n) is 21.0. The second-order valence-corrected chi connectivity index (χ2v) is 11.0. The number of alkyl carbamates (subject to hydrolysis) is 1. The molecule has 0 radical (unpaired) electrons. The summed E-state index contributed by atoms with van der Waals surface area (Å²) in [6.07, 6.45) is -0.722. The highest BCUT2D eigenvalue weighted by molar-refractivity contribution is 5.92. The fourth-order valence-corrected chi connectivity index (χ4v) is 3.15. The fourth-order valence-electron chi connectivity index (χ4n) is 3.15. The first-order chi connectivity index (χ1) is 14.3. The van der Waals surface area contributed by atoms with E-state index in [2.05, 4.69) is 10.6 Å². The maximum Gasteiger partial charge on any atom is 0.408 e. The van der Waals surface area contributed by atoms with Crippen LogP contribution in [0.2, 0.25) is 0 Å². The molecule has 8 nitrogen and oxygen atoms in total. The van der Waals surface area contributed by atoms with Crippen molar-refractivity contribution >= 4 is 17.9 Å². The molecule has 1 rings (SSSR count). The Hall–Kier alpha value is -2.77. The Morgan fingerprint density at radius 1 is 1.00 bits per heavy atom. The highest BCUT2D eigenvalue weighted by Gasteiger charge is 2.41. The van der Waals surface area contributed by atoms with Gasteiger partial charge in [0.25, 0.3) is 0 Å². The molecule has 0 saturated heterocycles. The maximum absolute atomic E-state index is 13.6. The van der Waals surface area contributed by atoms with Crippen LogP contribution in [0.1, 0.15) is 80.8 Å². The quantitative estimate of drug-likeness (QED) is 0.632. The predicted octanol–water partition coefficient (Wildman–Crippen LogP) is 3.89. The molecule has 8 heteroatoms. The highest BCUT2D eigenvalue weighted by Crippen LogP contribution is 2.32. The Morgan fingerprint density at radius 2 is 1.56 bits per heavy atom. The van der Waals surface area contributed by atoms with Crippen LogP contribution < -0.4 is 10.6 Å². The lowest BCUT2D eigenvalue weighted by Crippen LogP contribution is -2.59. The van der Waals surface area contributed by atoms with E-state index in [1.165, 1.54) is 17.0 Å². The van der Waals surface area contributed by atoms with E-state index >= 15 is 0 Å². The first kappa shape index (κ1) is 27.3. The zero-order valence-corrected chi connectivity index (χ0v) is 21.0. The smallest absolute Gasteiger partial charge is 0.408 e. The molecule has 1 aromatic carbocycles. The van der Waals surface area contributed by atoms with Crippen LogP contribution in [0.4, 0.5) is 4.79 Å². The van der Waals surface area contributed by atoms with E-state index in [0.29, 0.717) is 5.56 Å². The van der Waals surface area contributed by atoms with Crippen molar-refractivity contribution in [1.82, 2.24) is 15.5 Å². The maximum atomic E-state index is 13.6. The van der Waals surface area contributed by atoms with Crippen LogP contribution in [0.25, 0.3) is 0 Å². The number of nitrogens with zero attached hydrogens (tertiary/aromatic N) is 1. The molecular weight excluding hydrogens is 410 g/mol. The van der Waals surface area contributed by atoms with Crippen molar-refractivity contribution in [1.29, 1.82) is 0 Å². The molecule has 0 aromatic heterocycles. The SMILES string of the molecule is CC(NC(=O)OC(C)(C)C)C(=O)N(C(C(=O)NC(C)(C)C)c1cccc(O)c1)C(C)(C)C. The number of hydrogen-bond donors (Lipinski definition) is 3. The van der Waals surface area contributed by atoms with Gasteiger partial charge in [0.15, 0.2) is 0 Å². The predicted molar refractivity (Wildman–Crippen MR) is 124 cm³/mol. The van der Waals surface area contributed by atoms with Gasteiger partial charge in [-0.1, -0.05) is 12.1 Å². The van der Waals surface area contributed by atoms with E-state index < -0.39 is 46.7 Å². The summed E-state index contributed by atoms with van der Waals surface area (Å²) < 4.78 is 5.26. The number of rotatable bonds is 5. The average molecular weight is 450 g/mol. The van der Waals surface area contributed by atoms with Gasteiger partial charge in [0.05, 0.1) is 0 Å². The lowest BCUT2D eigenvalue weighted by Gasteiger charge is -2.43.